The van der Waals surface area contributed by atoms with E-state index >= 15 is 0 Å². The average molecular weight is 279 g/mol. The van der Waals surface area contributed by atoms with E-state index in [2.05, 4.69) is 23.9 Å². The SMILES string of the molecule is CN1CCC(CN(C)Cc2cc(F)ccc2CN)CC1. The van der Waals surface area contributed by atoms with Gasteiger partial charge in [-0.1, -0.05) is 6.07 Å². The zero-order chi connectivity index (χ0) is 14.5. The Morgan fingerprint density at radius 1 is 1.30 bits per heavy atom. The Hall–Kier alpha value is -0.970. The van der Waals surface area contributed by atoms with Crippen LogP contribution in [0.15, 0.2) is 18.2 Å². The molecule has 1 aromatic carbocycles. The second-order valence-corrected chi connectivity index (χ2v) is 6.06. The topological polar surface area (TPSA) is 32.5 Å². The Bertz CT molecular complexity index is 428. The molecular formula is C16H26FN3. The van der Waals surface area contributed by atoms with E-state index in [0.717, 1.165) is 30.1 Å². The van der Waals surface area contributed by atoms with Crippen LogP contribution in [0.2, 0.25) is 0 Å². The van der Waals surface area contributed by atoms with Crippen molar-refractivity contribution < 1.29 is 4.39 Å². The van der Waals surface area contributed by atoms with Crippen molar-refractivity contribution in [3.05, 3.63) is 35.1 Å². The van der Waals surface area contributed by atoms with E-state index in [0.29, 0.717) is 6.54 Å². The van der Waals surface area contributed by atoms with Gasteiger partial charge in [0.2, 0.25) is 0 Å². The summed E-state index contributed by atoms with van der Waals surface area (Å²) in [4.78, 5) is 4.68. The van der Waals surface area contributed by atoms with Gasteiger partial charge in [0, 0.05) is 19.6 Å². The Balaban J connectivity index is 1.91. The van der Waals surface area contributed by atoms with Crippen molar-refractivity contribution in [1.29, 1.82) is 0 Å². The zero-order valence-electron chi connectivity index (χ0n) is 12.6. The van der Waals surface area contributed by atoms with E-state index in [1.807, 2.05) is 0 Å². The fourth-order valence-corrected chi connectivity index (χ4v) is 2.98. The Morgan fingerprint density at radius 2 is 2.00 bits per heavy atom. The molecule has 1 aromatic rings. The molecule has 0 bridgehead atoms. The van der Waals surface area contributed by atoms with Crippen LogP contribution in [0, 0.1) is 11.7 Å². The van der Waals surface area contributed by atoms with Gasteiger partial charge in [-0.15, -0.1) is 0 Å². The Labute approximate surface area is 121 Å². The van der Waals surface area contributed by atoms with Gasteiger partial charge < -0.3 is 15.5 Å². The lowest BCUT2D eigenvalue weighted by atomic mass is 9.96. The monoisotopic (exact) mass is 279 g/mol. The number of halogens is 1. The molecule has 4 heteroatoms. The Kier molecular flexibility index (Phi) is 5.52. The fraction of sp³-hybridized carbons (Fsp3) is 0.625. The lowest BCUT2D eigenvalue weighted by Crippen LogP contribution is -2.35. The molecule has 3 nitrogen and oxygen atoms in total. The molecule has 0 amide bonds. The summed E-state index contributed by atoms with van der Waals surface area (Å²) in [6, 6.07) is 4.91. The van der Waals surface area contributed by atoms with Gasteiger partial charge >= 0.3 is 0 Å². The predicted octanol–water partition coefficient (Wildman–Crippen LogP) is 2.06. The zero-order valence-corrected chi connectivity index (χ0v) is 12.6. The van der Waals surface area contributed by atoms with E-state index in [1.165, 1.54) is 32.0 Å². The highest BCUT2D eigenvalue weighted by molar-refractivity contribution is 5.27. The summed E-state index contributed by atoms with van der Waals surface area (Å²) in [7, 11) is 4.30. The maximum absolute atomic E-state index is 13.4. The molecule has 1 aliphatic heterocycles. The van der Waals surface area contributed by atoms with Crippen LogP contribution in [0.25, 0.3) is 0 Å². The van der Waals surface area contributed by atoms with Crippen LogP contribution in [0.1, 0.15) is 24.0 Å². The molecule has 112 valence electrons. The molecule has 2 rings (SSSR count). The van der Waals surface area contributed by atoms with Crippen LogP contribution in [-0.4, -0.2) is 43.5 Å². The molecule has 0 radical (unpaired) electrons. The van der Waals surface area contributed by atoms with Crippen molar-refractivity contribution >= 4 is 0 Å². The van der Waals surface area contributed by atoms with Gasteiger partial charge in [0.1, 0.15) is 5.82 Å². The van der Waals surface area contributed by atoms with Crippen LogP contribution in [-0.2, 0) is 13.1 Å². The van der Waals surface area contributed by atoms with Crippen molar-refractivity contribution in [2.24, 2.45) is 11.7 Å². The van der Waals surface area contributed by atoms with E-state index in [-0.39, 0.29) is 5.82 Å². The first kappa shape index (κ1) is 15.4. The minimum absolute atomic E-state index is 0.176. The number of hydrogen-bond donors (Lipinski definition) is 1. The normalized spacial score (nSPS) is 17.9. The molecule has 0 aromatic heterocycles. The molecule has 2 N–H and O–H groups in total. The number of hydrogen-bond acceptors (Lipinski definition) is 3. The highest BCUT2D eigenvalue weighted by Gasteiger charge is 2.18. The highest BCUT2D eigenvalue weighted by Crippen LogP contribution is 2.19. The first-order valence-electron chi connectivity index (χ1n) is 7.43. The predicted molar refractivity (Wildman–Crippen MR) is 80.8 cm³/mol. The lowest BCUT2D eigenvalue weighted by molar-refractivity contribution is 0.173. The largest absolute Gasteiger partial charge is 0.326 e. The maximum atomic E-state index is 13.4. The molecule has 1 saturated heterocycles. The van der Waals surface area contributed by atoms with Crippen molar-refractivity contribution in [2.75, 3.05) is 33.7 Å². The third-order valence-electron chi connectivity index (χ3n) is 4.24. The second-order valence-electron chi connectivity index (χ2n) is 6.06. The molecule has 0 unspecified atom stereocenters. The van der Waals surface area contributed by atoms with Crippen LogP contribution in [0.4, 0.5) is 4.39 Å². The van der Waals surface area contributed by atoms with E-state index in [9.17, 15) is 4.39 Å². The third-order valence-corrected chi connectivity index (χ3v) is 4.24. The van der Waals surface area contributed by atoms with Crippen LogP contribution >= 0.6 is 0 Å². The van der Waals surface area contributed by atoms with Crippen molar-refractivity contribution in [3.8, 4) is 0 Å². The summed E-state index contributed by atoms with van der Waals surface area (Å²) in [5, 5.41) is 0. The number of rotatable bonds is 5. The molecule has 0 saturated carbocycles. The van der Waals surface area contributed by atoms with E-state index < -0.39 is 0 Å². The highest BCUT2D eigenvalue weighted by atomic mass is 19.1. The third kappa shape index (κ3) is 4.27. The standard InChI is InChI=1S/C16H26FN3/c1-19-7-5-13(6-8-19)11-20(2)12-15-9-16(17)4-3-14(15)10-18/h3-4,9,13H,5-8,10-12,18H2,1-2H3. The number of nitrogens with two attached hydrogens (primary N) is 1. The lowest BCUT2D eigenvalue weighted by Gasteiger charge is -2.31. The molecule has 1 fully saturated rings. The van der Waals surface area contributed by atoms with Gasteiger partial charge in [-0.25, -0.2) is 4.39 Å². The van der Waals surface area contributed by atoms with Gasteiger partial charge in [0.05, 0.1) is 0 Å². The van der Waals surface area contributed by atoms with E-state index in [1.54, 1.807) is 12.1 Å². The summed E-state index contributed by atoms with van der Waals surface area (Å²) in [5.74, 6) is 0.580. The minimum atomic E-state index is -0.176. The van der Waals surface area contributed by atoms with Crippen LogP contribution < -0.4 is 5.73 Å². The molecule has 20 heavy (non-hydrogen) atoms. The van der Waals surface area contributed by atoms with E-state index in [4.69, 9.17) is 5.73 Å². The summed E-state index contributed by atoms with van der Waals surface area (Å²) in [6.45, 7) is 4.70. The number of nitrogens with zero attached hydrogens (tertiary/aromatic N) is 2. The molecule has 0 spiro atoms. The van der Waals surface area contributed by atoms with Gasteiger partial charge in [0.15, 0.2) is 0 Å². The van der Waals surface area contributed by atoms with Crippen molar-refractivity contribution in [3.63, 3.8) is 0 Å². The van der Waals surface area contributed by atoms with Crippen LogP contribution in [0.3, 0.4) is 0 Å². The molecule has 0 aliphatic carbocycles. The molecular weight excluding hydrogens is 253 g/mol. The quantitative estimate of drug-likeness (QED) is 0.895. The van der Waals surface area contributed by atoms with Crippen molar-refractivity contribution in [2.45, 2.75) is 25.9 Å². The summed E-state index contributed by atoms with van der Waals surface area (Å²) in [6.07, 6.45) is 2.52. The average Bonchev–Trinajstić information content (AvgIpc) is 2.41. The Morgan fingerprint density at radius 3 is 2.65 bits per heavy atom. The molecule has 1 aliphatic rings. The second kappa shape index (κ2) is 7.16. The number of piperidine rings is 1. The van der Waals surface area contributed by atoms with Gasteiger partial charge in [-0.05, 0) is 69.2 Å². The van der Waals surface area contributed by atoms with Gasteiger partial charge in [-0.2, -0.15) is 0 Å². The van der Waals surface area contributed by atoms with Crippen LogP contribution in [0.5, 0.6) is 0 Å². The fourth-order valence-electron chi connectivity index (χ4n) is 2.98. The first-order valence-corrected chi connectivity index (χ1v) is 7.43. The molecule has 0 atom stereocenters. The number of benzene rings is 1. The summed E-state index contributed by atoms with van der Waals surface area (Å²) >= 11 is 0. The summed E-state index contributed by atoms with van der Waals surface area (Å²) in [5.41, 5.74) is 7.79. The van der Waals surface area contributed by atoms with Gasteiger partial charge in [-0.3, -0.25) is 0 Å². The smallest absolute Gasteiger partial charge is 0.123 e. The van der Waals surface area contributed by atoms with Gasteiger partial charge in [0.25, 0.3) is 0 Å². The van der Waals surface area contributed by atoms with Crippen molar-refractivity contribution in [1.82, 2.24) is 9.80 Å². The molecule has 1 heterocycles. The summed E-state index contributed by atoms with van der Waals surface area (Å²) < 4.78 is 13.4. The maximum Gasteiger partial charge on any atom is 0.123 e. The number of likely N-dealkylation sites (tertiary alicyclic amines) is 1. The first-order chi connectivity index (χ1) is 9.58. The minimum Gasteiger partial charge on any atom is -0.326 e.